The summed E-state index contributed by atoms with van der Waals surface area (Å²) >= 11 is 6.55. The second kappa shape index (κ2) is 11.1. The van der Waals surface area contributed by atoms with Crippen LogP contribution in [0.2, 0.25) is 5.15 Å². The number of pyridine rings is 1. The molecule has 2 aliphatic rings. The van der Waals surface area contributed by atoms with Crippen LogP contribution in [0.4, 0.5) is 5.82 Å². The zero-order valence-corrected chi connectivity index (χ0v) is 23.9. The second-order valence-electron chi connectivity index (χ2n) is 10.3. The van der Waals surface area contributed by atoms with Crippen molar-refractivity contribution in [2.45, 2.75) is 19.1 Å². The van der Waals surface area contributed by atoms with Crippen molar-refractivity contribution in [3.05, 3.63) is 47.8 Å². The SMILES string of the molecule is C=CC(=O)N1CCN(c2nc(O[C@@H]3CN(C)C[C@H]3OC)nc3c(Oc4c(C)ccc5[nH]ncc45)nc(Cl)cc23)CC1. The van der Waals surface area contributed by atoms with E-state index in [4.69, 9.17) is 35.8 Å². The number of benzene rings is 1. The molecule has 0 radical (unpaired) electrons. The number of hydrogen-bond acceptors (Lipinski definition) is 10. The maximum Gasteiger partial charge on any atom is 0.319 e. The molecule has 0 unspecified atom stereocenters. The average Bonchev–Trinajstić information content (AvgIpc) is 3.60. The zero-order valence-electron chi connectivity index (χ0n) is 23.1. The number of halogens is 1. The average molecular weight is 579 g/mol. The van der Waals surface area contributed by atoms with Crippen LogP contribution in [0, 0.1) is 6.92 Å². The lowest BCUT2D eigenvalue weighted by Gasteiger charge is -2.35. The molecule has 1 aromatic carbocycles. The van der Waals surface area contributed by atoms with E-state index in [2.05, 4.69) is 31.6 Å². The lowest BCUT2D eigenvalue weighted by atomic mass is 10.1. The Bertz CT molecular complexity index is 1620. The molecule has 2 aliphatic heterocycles. The molecular formula is C28H31ClN8O4. The van der Waals surface area contributed by atoms with Gasteiger partial charge in [0.25, 0.3) is 0 Å². The summed E-state index contributed by atoms with van der Waals surface area (Å²) in [7, 11) is 3.69. The highest BCUT2D eigenvalue weighted by Crippen LogP contribution is 2.38. The number of piperazine rings is 1. The van der Waals surface area contributed by atoms with Crippen LogP contribution < -0.4 is 14.4 Å². The first-order valence-corrected chi connectivity index (χ1v) is 13.8. The number of H-pyrrole nitrogens is 1. The number of likely N-dealkylation sites (N-methyl/N-ethyl adjacent to an activating group) is 1. The Morgan fingerprint density at radius 3 is 2.66 bits per heavy atom. The molecule has 0 spiro atoms. The van der Waals surface area contributed by atoms with Gasteiger partial charge in [-0.05, 0) is 37.7 Å². The highest BCUT2D eigenvalue weighted by atomic mass is 35.5. The minimum Gasteiger partial charge on any atom is -0.456 e. The van der Waals surface area contributed by atoms with E-state index in [1.54, 1.807) is 24.3 Å². The molecule has 41 heavy (non-hydrogen) atoms. The molecule has 214 valence electrons. The van der Waals surface area contributed by atoms with Gasteiger partial charge >= 0.3 is 6.01 Å². The van der Waals surface area contributed by atoms with E-state index in [-0.39, 0.29) is 35.2 Å². The maximum atomic E-state index is 12.2. The van der Waals surface area contributed by atoms with Gasteiger partial charge in [-0.3, -0.25) is 14.8 Å². The molecule has 2 saturated heterocycles. The van der Waals surface area contributed by atoms with Gasteiger partial charge in [0.1, 0.15) is 34.4 Å². The lowest BCUT2D eigenvalue weighted by molar-refractivity contribution is -0.126. The van der Waals surface area contributed by atoms with Crippen LogP contribution in [-0.4, -0.2) is 106 Å². The molecule has 0 saturated carbocycles. The fraction of sp³-hybridized carbons (Fsp3) is 0.393. The third-order valence-corrected chi connectivity index (χ3v) is 7.77. The Morgan fingerprint density at radius 2 is 1.90 bits per heavy atom. The van der Waals surface area contributed by atoms with Gasteiger partial charge in [-0.15, -0.1) is 0 Å². The molecule has 2 atom stereocenters. The topological polar surface area (TPSA) is 122 Å². The van der Waals surface area contributed by atoms with Gasteiger partial charge in [-0.2, -0.15) is 20.1 Å². The van der Waals surface area contributed by atoms with E-state index in [1.165, 1.54) is 6.08 Å². The minimum absolute atomic E-state index is 0.0936. The fourth-order valence-electron chi connectivity index (χ4n) is 5.40. The number of nitrogens with one attached hydrogen (secondary N) is 1. The predicted octanol–water partition coefficient (Wildman–Crippen LogP) is 3.20. The van der Waals surface area contributed by atoms with Crippen LogP contribution in [0.5, 0.6) is 17.6 Å². The summed E-state index contributed by atoms with van der Waals surface area (Å²) in [6.45, 7) is 9.13. The molecule has 1 amide bonds. The van der Waals surface area contributed by atoms with Crippen molar-refractivity contribution < 1.29 is 19.0 Å². The molecule has 1 N–H and O–H groups in total. The Balaban J connectivity index is 1.45. The van der Waals surface area contributed by atoms with E-state index < -0.39 is 0 Å². The summed E-state index contributed by atoms with van der Waals surface area (Å²) in [5, 5.41) is 8.85. The number of aromatic amines is 1. The van der Waals surface area contributed by atoms with Crippen molar-refractivity contribution in [2.24, 2.45) is 0 Å². The monoisotopic (exact) mass is 578 g/mol. The fourth-order valence-corrected chi connectivity index (χ4v) is 5.59. The minimum atomic E-state index is -0.260. The Hall–Kier alpha value is -4.00. The number of likely N-dealkylation sites (tertiary alicyclic amines) is 1. The largest absolute Gasteiger partial charge is 0.456 e. The molecule has 2 fully saturated rings. The summed E-state index contributed by atoms with van der Waals surface area (Å²) in [5.41, 5.74) is 2.19. The summed E-state index contributed by atoms with van der Waals surface area (Å²) < 4.78 is 18.5. The molecule has 5 heterocycles. The number of amides is 1. The van der Waals surface area contributed by atoms with Gasteiger partial charge in [-0.1, -0.05) is 24.2 Å². The van der Waals surface area contributed by atoms with Crippen LogP contribution in [0.3, 0.4) is 0 Å². The van der Waals surface area contributed by atoms with E-state index in [0.717, 1.165) is 23.0 Å². The van der Waals surface area contributed by atoms with Gasteiger partial charge < -0.3 is 24.0 Å². The number of aromatic nitrogens is 5. The molecule has 13 heteroatoms. The molecular weight excluding hydrogens is 548 g/mol. The molecule has 3 aromatic heterocycles. The van der Waals surface area contributed by atoms with Crippen LogP contribution >= 0.6 is 11.6 Å². The molecule has 12 nitrogen and oxygen atoms in total. The highest BCUT2D eigenvalue weighted by molar-refractivity contribution is 6.30. The number of fused-ring (bicyclic) bond motifs is 2. The van der Waals surface area contributed by atoms with Crippen LogP contribution in [0.25, 0.3) is 21.8 Å². The first-order chi connectivity index (χ1) is 19.8. The number of carbonyl (C=O) groups is 1. The number of aryl methyl sites for hydroxylation is 1. The van der Waals surface area contributed by atoms with Crippen molar-refractivity contribution in [3.63, 3.8) is 0 Å². The number of ether oxygens (including phenoxy) is 3. The van der Waals surface area contributed by atoms with Gasteiger partial charge in [0.15, 0.2) is 0 Å². The van der Waals surface area contributed by atoms with Crippen LogP contribution in [-0.2, 0) is 9.53 Å². The quantitative estimate of drug-likeness (QED) is 0.258. The first-order valence-electron chi connectivity index (χ1n) is 13.4. The van der Waals surface area contributed by atoms with Crippen molar-refractivity contribution in [1.29, 1.82) is 0 Å². The summed E-state index contributed by atoms with van der Waals surface area (Å²) in [4.78, 5) is 32.4. The lowest BCUT2D eigenvalue weighted by Crippen LogP contribution is -2.48. The van der Waals surface area contributed by atoms with Crippen molar-refractivity contribution >= 4 is 45.1 Å². The smallest absolute Gasteiger partial charge is 0.319 e. The summed E-state index contributed by atoms with van der Waals surface area (Å²) in [6.07, 6.45) is 2.66. The van der Waals surface area contributed by atoms with Crippen molar-refractivity contribution in [2.75, 3.05) is 58.3 Å². The summed E-state index contributed by atoms with van der Waals surface area (Å²) in [5.74, 6) is 1.36. The number of rotatable bonds is 7. The van der Waals surface area contributed by atoms with Crippen molar-refractivity contribution in [3.8, 4) is 17.6 Å². The zero-order chi connectivity index (χ0) is 28.7. The maximum absolute atomic E-state index is 12.2. The number of nitrogens with zero attached hydrogens (tertiary/aromatic N) is 7. The van der Waals surface area contributed by atoms with Gasteiger partial charge in [0.05, 0.1) is 22.5 Å². The number of anilines is 1. The predicted molar refractivity (Wildman–Crippen MR) is 155 cm³/mol. The molecule has 0 aliphatic carbocycles. The highest BCUT2D eigenvalue weighted by Gasteiger charge is 2.34. The Morgan fingerprint density at radius 1 is 1.12 bits per heavy atom. The van der Waals surface area contributed by atoms with E-state index in [0.29, 0.717) is 55.2 Å². The molecule has 6 rings (SSSR count). The number of methoxy groups -OCH3 is 1. The van der Waals surface area contributed by atoms with Crippen LogP contribution in [0.15, 0.2) is 37.1 Å². The van der Waals surface area contributed by atoms with Crippen molar-refractivity contribution in [1.82, 2.24) is 34.9 Å². The van der Waals surface area contributed by atoms with Gasteiger partial charge in [0, 0.05) is 46.4 Å². The molecule has 0 bridgehead atoms. The Labute approximate surface area is 241 Å². The summed E-state index contributed by atoms with van der Waals surface area (Å²) in [6, 6.07) is 5.81. The first kappa shape index (κ1) is 27.2. The van der Waals surface area contributed by atoms with E-state index in [9.17, 15) is 4.79 Å². The standard InChI is InChI=1S/C28H31ClN8O4/c1-5-23(38)36-8-10-37(11-9-36)26-17-12-22(29)31-27(41-25-16(2)6-7-19-18(25)13-30-34-19)24(17)32-28(33-26)40-21-15-35(3)14-20(21)39-4/h5-7,12-13,20-21H,1,8-11,14-15H2,2-4H3,(H,30,34)/t20-,21-/m1/s1. The third-order valence-electron chi connectivity index (χ3n) is 7.57. The third kappa shape index (κ3) is 5.25. The van der Waals surface area contributed by atoms with Gasteiger partial charge in [-0.25, -0.2) is 0 Å². The van der Waals surface area contributed by atoms with Crippen LogP contribution in [0.1, 0.15) is 5.56 Å². The number of hydrogen-bond donors (Lipinski definition) is 1. The Kier molecular flexibility index (Phi) is 7.37. The number of carbonyl (C=O) groups excluding carboxylic acids is 1. The molecule has 4 aromatic rings. The van der Waals surface area contributed by atoms with E-state index in [1.807, 2.05) is 26.1 Å². The second-order valence-corrected chi connectivity index (χ2v) is 10.7. The van der Waals surface area contributed by atoms with Gasteiger partial charge in [0.2, 0.25) is 11.8 Å². The normalized spacial score (nSPS) is 19.7. The van der Waals surface area contributed by atoms with E-state index >= 15 is 0 Å².